The van der Waals surface area contributed by atoms with Crippen LogP contribution in [0.4, 0.5) is 0 Å². The predicted molar refractivity (Wildman–Crippen MR) is 59.4 cm³/mol. The lowest BCUT2D eigenvalue weighted by Gasteiger charge is -2.54. The first-order valence-electron chi connectivity index (χ1n) is 5.66. The second-order valence-electron chi connectivity index (χ2n) is 4.83. The van der Waals surface area contributed by atoms with Gasteiger partial charge in [-0.2, -0.15) is 0 Å². The molecular weight excluding hydrogens is 174 g/mol. The average Bonchev–Trinajstić information content (AvgIpc) is 2.06. The summed E-state index contributed by atoms with van der Waals surface area (Å²) in [5.74, 6) is 1.81. The van der Waals surface area contributed by atoms with Crippen LogP contribution in [0, 0.1) is 11.3 Å². The minimum atomic E-state index is 0.801. The molecule has 3 heteroatoms. The molecule has 0 heterocycles. The molecule has 14 heavy (non-hydrogen) atoms. The maximum Gasteiger partial charge on any atom is 0.190 e. The Kier molecular flexibility index (Phi) is 2.66. The molecule has 0 unspecified atom stereocenters. The van der Waals surface area contributed by atoms with Gasteiger partial charge in [0.05, 0.1) is 0 Å². The predicted octanol–water partition coefficient (Wildman–Crippen LogP) is 1.36. The third-order valence-corrected chi connectivity index (χ3v) is 3.88. The van der Waals surface area contributed by atoms with Crippen molar-refractivity contribution >= 4 is 5.96 Å². The third kappa shape index (κ3) is 1.72. The summed E-state index contributed by atoms with van der Waals surface area (Å²) in [6.45, 7) is 1.09. The highest BCUT2D eigenvalue weighted by molar-refractivity contribution is 5.79. The highest BCUT2D eigenvalue weighted by Crippen LogP contribution is 2.58. The fourth-order valence-electron chi connectivity index (χ4n) is 2.91. The average molecular weight is 195 g/mol. The Morgan fingerprint density at radius 3 is 2.57 bits per heavy atom. The fraction of sp³-hybridized carbons (Fsp3) is 0.909. The number of rotatable bonds is 2. The van der Waals surface area contributed by atoms with Crippen molar-refractivity contribution in [2.75, 3.05) is 20.6 Å². The first-order valence-corrected chi connectivity index (χ1v) is 5.66. The van der Waals surface area contributed by atoms with Crippen molar-refractivity contribution in [2.45, 2.75) is 32.1 Å². The summed E-state index contributed by atoms with van der Waals surface area (Å²) >= 11 is 0. The van der Waals surface area contributed by atoms with Crippen LogP contribution < -0.4 is 10.6 Å². The van der Waals surface area contributed by atoms with Gasteiger partial charge in [-0.05, 0) is 37.0 Å². The maximum atomic E-state index is 4.10. The Morgan fingerprint density at radius 2 is 2.14 bits per heavy atom. The summed E-state index contributed by atoms with van der Waals surface area (Å²) in [6, 6.07) is 0. The van der Waals surface area contributed by atoms with E-state index in [4.69, 9.17) is 0 Å². The normalized spacial score (nSPS) is 25.4. The zero-order valence-corrected chi connectivity index (χ0v) is 9.27. The van der Waals surface area contributed by atoms with Gasteiger partial charge in [-0.25, -0.2) is 0 Å². The summed E-state index contributed by atoms with van der Waals surface area (Å²) in [5, 5.41) is 6.39. The lowest BCUT2D eigenvalue weighted by atomic mass is 9.52. The molecule has 2 aliphatic rings. The van der Waals surface area contributed by atoms with E-state index in [0.29, 0.717) is 0 Å². The van der Waals surface area contributed by atoms with E-state index in [0.717, 1.165) is 23.8 Å². The molecular formula is C11H21N3. The van der Waals surface area contributed by atoms with Gasteiger partial charge in [0.1, 0.15) is 0 Å². The highest BCUT2D eigenvalue weighted by atomic mass is 15.1. The highest BCUT2D eigenvalue weighted by Gasteiger charge is 2.47. The van der Waals surface area contributed by atoms with Crippen molar-refractivity contribution in [1.82, 2.24) is 10.6 Å². The lowest BCUT2D eigenvalue weighted by molar-refractivity contribution is -0.0219. The van der Waals surface area contributed by atoms with Gasteiger partial charge < -0.3 is 10.6 Å². The van der Waals surface area contributed by atoms with Crippen molar-refractivity contribution in [3.63, 3.8) is 0 Å². The Balaban J connectivity index is 1.64. The first kappa shape index (κ1) is 9.81. The van der Waals surface area contributed by atoms with Crippen LogP contribution in [-0.4, -0.2) is 26.6 Å². The van der Waals surface area contributed by atoms with Crippen LogP contribution >= 0.6 is 0 Å². The van der Waals surface area contributed by atoms with Crippen molar-refractivity contribution in [3.05, 3.63) is 0 Å². The lowest BCUT2D eigenvalue weighted by Crippen LogP contribution is -2.48. The molecule has 0 aromatic carbocycles. The van der Waals surface area contributed by atoms with Crippen LogP contribution in [-0.2, 0) is 0 Å². The third-order valence-electron chi connectivity index (χ3n) is 3.88. The maximum absolute atomic E-state index is 4.10. The Bertz CT molecular complexity index is 223. The van der Waals surface area contributed by atoms with Crippen LogP contribution in [0.25, 0.3) is 0 Å². The Labute approximate surface area is 86.4 Å². The van der Waals surface area contributed by atoms with Crippen LogP contribution in [0.1, 0.15) is 32.1 Å². The zero-order chi connectivity index (χ0) is 10.0. The molecule has 2 saturated carbocycles. The van der Waals surface area contributed by atoms with Crippen LogP contribution in [0.3, 0.4) is 0 Å². The number of aliphatic imine (C=N–C) groups is 1. The number of hydrogen-bond donors (Lipinski definition) is 2. The number of nitrogens with zero attached hydrogens (tertiary/aromatic N) is 1. The van der Waals surface area contributed by atoms with Gasteiger partial charge in [-0.3, -0.25) is 4.99 Å². The minimum Gasteiger partial charge on any atom is -0.359 e. The Morgan fingerprint density at radius 1 is 1.43 bits per heavy atom. The molecule has 0 bridgehead atoms. The van der Waals surface area contributed by atoms with E-state index in [1.165, 1.54) is 32.1 Å². The second kappa shape index (κ2) is 3.79. The molecule has 2 aliphatic carbocycles. The molecule has 0 saturated heterocycles. The van der Waals surface area contributed by atoms with Gasteiger partial charge in [0.25, 0.3) is 0 Å². The molecule has 2 N–H and O–H groups in total. The van der Waals surface area contributed by atoms with Gasteiger partial charge in [0.15, 0.2) is 5.96 Å². The van der Waals surface area contributed by atoms with Crippen molar-refractivity contribution < 1.29 is 0 Å². The summed E-state index contributed by atoms with van der Waals surface area (Å²) in [5.41, 5.74) is 0.801. The molecule has 0 atom stereocenters. The SMILES string of the molecule is CN=C(NC)NCC1CC2(CCC2)C1. The van der Waals surface area contributed by atoms with E-state index in [1.807, 2.05) is 14.1 Å². The molecule has 0 radical (unpaired) electrons. The van der Waals surface area contributed by atoms with Gasteiger partial charge in [-0.15, -0.1) is 0 Å². The number of guanidine groups is 1. The van der Waals surface area contributed by atoms with Crippen LogP contribution in [0.15, 0.2) is 4.99 Å². The molecule has 80 valence electrons. The van der Waals surface area contributed by atoms with Crippen LogP contribution in [0.2, 0.25) is 0 Å². The molecule has 2 fully saturated rings. The van der Waals surface area contributed by atoms with E-state index in [9.17, 15) is 0 Å². The molecule has 0 amide bonds. The number of hydrogen-bond acceptors (Lipinski definition) is 1. The molecule has 0 aromatic heterocycles. The van der Waals surface area contributed by atoms with E-state index >= 15 is 0 Å². The molecule has 3 nitrogen and oxygen atoms in total. The summed E-state index contributed by atoms with van der Waals surface area (Å²) in [7, 11) is 3.72. The van der Waals surface area contributed by atoms with E-state index in [1.54, 1.807) is 0 Å². The Hall–Kier alpha value is -0.730. The van der Waals surface area contributed by atoms with Gasteiger partial charge >= 0.3 is 0 Å². The molecule has 2 rings (SSSR count). The topological polar surface area (TPSA) is 36.4 Å². The van der Waals surface area contributed by atoms with E-state index in [-0.39, 0.29) is 0 Å². The van der Waals surface area contributed by atoms with Gasteiger partial charge in [0, 0.05) is 20.6 Å². The van der Waals surface area contributed by atoms with E-state index < -0.39 is 0 Å². The largest absolute Gasteiger partial charge is 0.359 e. The molecule has 0 aromatic rings. The van der Waals surface area contributed by atoms with Crippen LogP contribution in [0.5, 0.6) is 0 Å². The molecule has 0 aliphatic heterocycles. The van der Waals surface area contributed by atoms with E-state index in [2.05, 4.69) is 15.6 Å². The van der Waals surface area contributed by atoms with Crippen molar-refractivity contribution in [1.29, 1.82) is 0 Å². The summed E-state index contributed by atoms with van der Waals surface area (Å²) < 4.78 is 0. The smallest absolute Gasteiger partial charge is 0.190 e. The van der Waals surface area contributed by atoms with Gasteiger partial charge in [0.2, 0.25) is 0 Å². The summed E-state index contributed by atoms with van der Waals surface area (Å²) in [4.78, 5) is 4.10. The van der Waals surface area contributed by atoms with Crippen molar-refractivity contribution in [3.8, 4) is 0 Å². The monoisotopic (exact) mass is 195 g/mol. The zero-order valence-electron chi connectivity index (χ0n) is 9.27. The standard InChI is InChI=1S/C11H21N3/c1-12-10(13-2)14-8-9-6-11(7-9)4-3-5-11/h9H,3-8H2,1-2H3,(H2,12,13,14). The fourth-order valence-corrected chi connectivity index (χ4v) is 2.91. The summed E-state index contributed by atoms with van der Waals surface area (Å²) in [6.07, 6.45) is 7.34. The number of nitrogens with one attached hydrogen (secondary N) is 2. The van der Waals surface area contributed by atoms with Crippen molar-refractivity contribution in [2.24, 2.45) is 16.3 Å². The first-order chi connectivity index (χ1) is 6.78. The molecule has 1 spiro atoms. The van der Waals surface area contributed by atoms with Gasteiger partial charge in [-0.1, -0.05) is 6.42 Å². The second-order valence-corrected chi connectivity index (χ2v) is 4.83. The quantitative estimate of drug-likeness (QED) is 0.515. The minimum absolute atomic E-state index is 0.801.